The first-order valence-corrected chi connectivity index (χ1v) is 12.5. The summed E-state index contributed by atoms with van der Waals surface area (Å²) in [6, 6.07) is 18.3. The number of likely N-dealkylation sites (tertiary alicyclic amines) is 2. The Bertz CT molecular complexity index is 904. The van der Waals surface area contributed by atoms with Crippen molar-refractivity contribution < 1.29 is 19.1 Å². The van der Waals surface area contributed by atoms with Gasteiger partial charge in [0.05, 0.1) is 19.6 Å². The van der Waals surface area contributed by atoms with Gasteiger partial charge in [-0.05, 0) is 73.9 Å². The van der Waals surface area contributed by atoms with Crippen molar-refractivity contribution in [2.24, 2.45) is 11.8 Å². The van der Waals surface area contributed by atoms with Crippen LogP contribution in [0.1, 0.15) is 36.8 Å². The van der Waals surface area contributed by atoms with Crippen LogP contribution < -0.4 is 4.74 Å². The van der Waals surface area contributed by atoms with Crippen molar-refractivity contribution in [1.29, 1.82) is 0 Å². The molecule has 4 rings (SSSR count). The van der Waals surface area contributed by atoms with Gasteiger partial charge in [-0.1, -0.05) is 42.5 Å². The third-order valence-electron chi connectivity index (χ3n) is 6.97. The van der Waals surface area contributed by atoms with Crippen molar-refractivity contribution in [1.82, 2.24) is 9.80 Å². The van der Waals surface area contributed by atoms with Crippen LogP contribution in [0.3, 0.4) is 0 Å². The van der Waals surface area contributed by atoms with Gasteiger partial charge < -0.3 is 14.4 Å². The van der Waals surface area contributed by atoms with Crippen molar-refractivity contribution in [3.05, 3.63) is 65.7 Å². The van der Waals surface area contributed by atoms with Gasteiger partial charge >= 0.3 is 5.97 Å². The normalized spacial score (nSPS) is 17.9. The molecule has 0 N–H and O–H groups in total. The summed E-state index contributed by atoms with van der Waals surface area (Å²) in [6.45, 7) is 5.83. The van der Waals surface area contributed by atoms with Crippen LogP contribution in [0.5, 0.6) is 5.75 Å². The molecule has 1 amide bonds. The lowest BCUT2D eigenvalue weighted by atomic mass is 9.97. The number of carbonyl (C=O) groups excluding carboxylic acids is 2. The molecule has 6 nitrogen and oxygen atoms in total. The summed E-state index contributed by atoms with van der Waals surface area (Å²) in [6.07, 6.45) is 5.26. The minimum absolute atomic E-state index is 0.176. The molecule has 0 unspecified atom stereocenters. The number of benzene rings is 2. The molecule has 0 saturated carbocycles. The van der Waals surface area contributed by atoms with E-state index in [1.54, 1.807) is 0 Å². The minimum Gasteiger partial charge on any atom is -0.493 e. The maximum atomic E-state index is 12.4. The summed E-state index contributed by atoms with van der Waals surface area (Å²) in [4.78, 5) is 27.6. The summed E-state index contributed by atoms with van der Waals surface area (Å²) in [5.41, 5.74) is 2.26. The number of amides is 1. The van der Waals surface area contributed by atoms with Crippen LogP contribution in [0.25, 0.3) is 0 Å². The fraction of sp³-hybridized carbons (Fsp3) is 0.500. The Balaban J connectivity index is 1.14. The highest BCUT2D eigenvalue weighted by Gasteiger charge is 2.21. The average Bonchev–Trinajstić information content (AvgIpc) is 2.88. The molecule has 0 bridgehead atoms. The van der Waals surface area contributed by atoms with E-state index >= 15 is 0 Å². The number of ether oxygens (including phenoxy) is 2. The zero-order valence-corrected chi connectivity index (χ0v) is 19.9. The first-order chi connectivity index (χ1) is 16.7. The lowest BCUT2D eigenvalue weighted by molar-refractivity contribution is -0.144. The number of hydrogen-bond donors (Lipinski definition) is 0. The number of rotatable bonds is 10. The molecule has 2 aromatic carbocycles. The third kappa shape index (κ3) is 7.59. The van der Waals surface area contributed by atoms with E-state index < -0.39 is 0 Å². The predicted molar refractivity (Wildman–Crippen MR) is 131 cm³/mol. The van der Waals surface area contributed by atoms with Crippen LogP contribution in [0.4, 0.5) is 0 Å². The summed E-state index contributed by atoms with van der Waals surface area (Å²) in [5.74, 6) is 1.51. The fourth-order valence-electron chi connectivity index (χ4n) is 4.77. The summed E-state index contributed by atoms with van der Waals surface area (Å²) < 4.78 is 11.6. The van der Waals surface area contributed by atoms with E-state index in [1.807, 2.05) is 29.2 Å². The topological polar surface area (TPSA) is 59.1 Å². The van der Waals surface area contributed by atoms with Crippen molar-refractivity contribution in [3.63, 3.8) is 0 Å². The predicted octanol–water partition coefficient (Wildman–Crippen LogP) is 3.93. The van der Waals surface area contributed by atoms with E-state index in [4.69, 9.17) is 9.47 Å². The van der Waals surface area contributed by atoms with Gasteiger partial charge in [0.15, 0.2) is 0 Å². The van der Waals surface area contributed by atoms with Gasteiger partial charge in [-0.25, -0.2) is 0 Å². The molecule has 2 aliphatic rings. The number of hydrogen-bond acceptors (Lipinski definition) is 5. The molecule has 2 saturated heterocycles. The van der Waals surface area contributed by atoms with Gasteiger partial charge in [0.1, 0.15) is 5.75 Å². The highest BCUT2D eigenvalue weighted by atomic mass is 16.5. The third-order valence-corrected chi connectivity index (χ3v) is 6.97. The second-order valence-electron chi connectivity index (χ2n) is 9.61. The highest BCUT2D eigenvalue weighted by molar-refractivity contribution is 5.72. The van der Waals surface area contributed by atoms with Crippen molar-refractivity contribution >= 4 is 12.4 Å². The van der Waals surface area contributed by atoms with Crippen LogP contribution >= 0.6 is 0 Å². The quantitative estimate of drug-likeness (QED) is 0.394. The summed E-state index contributed by atoms with van der Waals surface area (Å²) in [5, 5.41) is 0. The zero-order chi connectivity index (χ0) is 23.6. The smallest absolute Gasteiger partial charge is 0.310 e. The Morgan fingerprint density at radius 2 is 1.53 bits per heavy atom. The molecule has 0 atom stereocenters. The molecule has 2 aliphatic heterocycles. The van der Waals surface area contributed by atoms with Gasteiger partial charge in [-0.15, -0.1) is 0 Å². The largest absolute Gasteiger partial charge is 0.493 e. The zero-order valence-electron chi connectivity index (χ0n) is 19.9. The maximum absolute atomic E-state index is 12.4. The number of esters is 1. The first-order valence-electron chi connectivity index (χ1n) is 12.5. The van der Waals surface area contributed by atoms with E-state index in [0.717, 1.165) is 76.1 Å². The van der Waals surface area contributed by atoms with Crippen molar-refractivity contribution in [2.75, 3.05) is 39.4 Å². The molecule has 0 spiro atoms. The SMILES string of the molecule is O=CN1CCC(COc2cccc(CC(=O)OCC3CCN(Cc4ccccc4)CC3)c2)CC1. The van der Waals surface area contributed by atoms with E-state index in [9.17, 15) is 9.59 Å². The Morgan fingerprint density at radius 3 is 2.26 bits per heavy atom. The van der Waals surface area contributed by atoms with Gasteiger partial charge in [0.2, 0.25) is 6.41 Å². The van der Waals surface area contributed by atoms with Crippen molar-refractivity contribution in [2.45, 2.75) is 38.6 Å². The summed E-state index contributed by atoms with van der Waals surface area (Å²) in [7, 11) is 0. The number of nitrogens with zero attached hydrogens (tertiary/aromatic N) is 2. The Morgan fingerprint density at radius 1 is 0.853 bits per heavy atom. The average molecular weight is 465 g/mol. The van der Waals surface area contributed by atoms with Gasteiger partial charge in [-0.2, -0.15) is 0 Å². The Hall–Kier alpha value is -2.86. The van der Waals surface area contributed by atoms with Gasteiger partial charge in [0, 0.05) is 19.6 Å². The van der Waals surface area contributed by atoms with Crippen LogP contribution in [-0.4, -0.2) is 61.6 Å². The Kier molecular flexibility index (Phi) is 8.97. The standard InChI is InChI=1S/C28H36N2O4/c31-22-30-15-11-24(12-16-30)20-33-27-8-4-7-26(17-27)18-28(32)34-21-25-9-13-29(14-10-25)19-23-5-2-1-3-6-23/h1-8,17,22,24-25H,9-16,18-21H2. The lowest BCUT2D eigenvalue weighted by Crippen LogP contribution is -2.35. The molecular weight excluding hydrogens is 428 g/mol. The fourth-order valence-corrected chi connectivity index (χ4v) is 4.77. The number of piperidine rings is 2. The maximum Gasteiger partial charge on any atom is 0.310 e. The molecule has 34 heavy (non-hydrogen) atoms. The number of carbonyl (C=O) groups is 2. The van der Waals surface area contributed by atoms with Crippen molar-refractivity contribution in [3.8, 4) is 5.75 Å². The second-order valence-corrected chi connectivity index (χ2v) is 9.61. The highest BCUT2D eigenvalue weighted by Crippen LogP contribution is 2.21. The molecule has 2 aromatic rings. The molecule has 0 aromatic heterocycles. The van der Waals surface area contributed by atoms with E-state index in [-0.39, 0.29) is 12.4 Å². The van der Waals surface area contributed by atoms with E-state index in [1.165, 1.54) is 5.56 Å². The van der Waals surface area contributed by atoms with Crippen LogP contribution in [0, 0.1) is 11.8 Å². The summed E-state index contributed by atoms with van der Waals surface area (Å²) >= 11 is 0. The van der Waals surface area contributed by atoms with Crippen LogP contribution in [0.15, 0.2) is 54.6 Å². The lowest BCUT2D eigenvalue weighted by Gasteiger charge is -2.31. The molecule has 0 radical (unpaired) electrons. The molecule has 6 heteroatoms. The first kappa shape index (κ1) is 24.3. The van der Waals surface area contributed by atoms with Crippen LogP contribution in [0.2, 0.25) is 0 Å². The second kappa shape index (κ2) is 12.6. The Labute approximate surface area is 202 Å². The monoisotopic (exact) mass is 464 g/mol. The molecule has 2 fully saturated rings. The van der Waals surface area contributed by atoms with E-state index in [0.29, 0.717) is 25.0 Å². The molecule has 2 heterocycles. The van der Waals surface area contributed by atoms with Gasteiger partial charge in [0.25, 0.3) is 0 Å². The van der Waals surface area contributed by atoms with E-state index in [2.05, 4.69) is 35.2 Å². The van der Waals surface area contributed by atoms with Gasteiger partial charge in [-0.3, -0.25) is 14.5 Å². The van der Waals surface area contributed by atoms with Crippen LogP contribution in [-0.2, 0) is 27.3 Å². The molecule has 182 valence electrons. The minimum atomic E-state index is -0.176. The molecular formula is C28H36N2O4. The molecule has 0 aliphatic carbocycles.